The second-order valence-corrected chi connectivity index (χ2v) is 8.87. The lowest BCUT2D eigenvalue weighted by Crippen LogP contribution is -2.31. The van der Waals surface area contributed by atoms with Gasteiger partial charge in [-0.3, -0.25) is 9.59 Å². The molecular formula is C28H29NO3. The van der Waals surface area contributed by atoms with E-state index in [4.69, 9.17) is 4.74 Å². The lowest BCUT2D eigenvalue weighted by molar-refractivity contribution is -0.116. The van der Waals surface area contributed by atoms with Gasteiger partial charge in [0.15, 0.2) is 11.6 Å². The second kappa shape index (κ2) is 8.78. The highest BCUT2D eigenvalue weighted by Gasteiger charge is 2.43. The Morgan fingerprint density at radius 3 is 2.47 bits per heavy atom. The van der Waals surface area contributed by atoms with E-state index in [0.717, 1.165) is 53.1 Å². The van der Waals surface area contributed by atoms with Crippen LogP contribution in [0.5, 0.6) is 5.75 Å². The van der Waals surface area contributed by atoms with Gasteiger partial charge in [0.1, 0.15) is 5.75 Å². The Morgan fingerprint density at radius 1 is 0.906 bits per heavy atom. The number of Topliss-reactive ketones (excluding diaryl/α,β-unsaturated/α-hetero) is 2. The molecule has 164 valence electrons. The monoisotopic (exact) mass is 427 g/mol. The first-order valence-corrected chi connectivity index (χ1v) is 11.8. The molecule has 4 heteroatoms. The summed E-state index contributed by atoms with van der Waals surface area (Å²) in [5.74, 6) is 0.677. The number of unbranched alkanes of at least 4 members (excludes halogenated alkanes) is 3. The fourth-order valence-corrected chi connectivity index (χ4v) is 5.15. The zero-order valence-electron chi connectivity index (χ0n) is 18.6. The number of hydrogen-bond acceptors (Lipinski definition) is 4. The number of hydrogen-bond donors (Lipinski definition) is 1. The Labute approximate surface area is 189 Å². The van der Waals surface area contributed by atoms with Crippen molar-refractivity contribution in [1.82, 2.24) is 5.32 Å². The van der Waals surface area contributed by atoms with Crippen molar-refractivity contribution in [1.29, 1.82) is 0 Å². The number of fused-ring (bicyclic) bond motifs is 2. The Balaban J connectivity index is 1.48. The maximum atomic E-state index is 13.4. The minimum absolute atomic E-state index is 0.0225. The molecule has 4 nitrogen and oxygen atoms in total. The number of ether oxygens (including phenoxy) is 1. The van der Waals surface area contributed by atoms with Crippen LogP contribution in [0.3, 0.4) is 0 Å². The van der Waals surface area contributed by atoms with Crippen molar-refractivity contribution in [2.45, 2.75) is 57.8 Å². The molecule has 1 N–H and O–H groups in total. The zero-order valence-corrected chi connectivity index (χ0v) is 18.6. The van der Waals surface area contributed by atoms with Crippen LogP contribution in [0.25, 0.3) is 5.70 Å². The molecule has 32 heavy (non-hydrogen) atoms. The second-order valence-electron chi connectivity index (χ2n) is 8.87. The smallest absolute Gasteiger partial charge is 0.192 e. The highest BCUT2D eigenvalue weighted by molar-refractivity contribution is 6.23. The fourth-order valence-electron chi connectivity index (χ4n) is 5.15. The quantitative estimate of drug-likeness (QED) is 0.555. The van der Waals surface area contributed by atoms with E-state index in [-0.39, 0.29) is 17.5 Å². The maximum absolute atomic E-state index is 13.4. The van der Waals surface area contributed by atoms with Crippen LogP contribution in [0.2, 0.25) is 0 Å². The van der Waals surface area contributed by atoms with E-state index in [2.05, 4.69) is 12.2 Å². The van der Waals surface area contributed by atoms with Gasteiger partial charge in [0.2, 0.25) is 0 Å². The van der Waals surface area contributed by atoms with Crippen LogP contribution in [-0.4, -0.2) is 18.2 Å². The summed E-state index contributed by atoms with van der Waals surface area (Å²) in [5.41, 5.74) is 5.95. The molecule has 0 spiro atoms. The maximum Gasteiger partial charge on any atom is 0.192 e. The predicted molar refractivity (Wildman–Crippen MR) is 126 cm³/mol. The van der Waals surface area contributed by atoms with Crippen molar-refractivity contribution >= 4 is 17.3 Å². The van der Waals surface area contributed by atoms with Crippen molar-refractivity contribution in [3.8, 4) is 5.75 Å². The van der Waals surface area contributed by atoms with Crippen molar-refractivity contribution < 1.29 is 14.3 Å². The van der Waals surface area contributed by atoms with Gasteiger partial charge in [-0.1, -0.05) is 62.6 Å². The molecule has 1 heterocycles. The molecule has 0 aromatic heterocycles. The molecule has 0 saturated heterocycles. The molecule has 0 saturated carbocycles. The number of benzene rings is 2. The standard InChI is InChI=1S/C28H29NO3/c1-2-3-4-7-17-32-19-15-13-18(14-16-19)24-25-22(11-8-12-23(25)30)29-27-20-9-5-6-10-21(20)28(31)26(24)27/h5-6,9-10,13-16,24,29H,2-4,7-8,11-12,17H2,1H3. The van der Waals surface area contributed by atoms with E-state index in [0.29, 0.717) is 24.2 Å². The molecule has 0 amide bonds. The molecule has 0 bridgehead atoms. The number of rotatable bonds is 7. The molecule has 0 radical (unpaired) electrons. The third kappa shape index (κ3) is 3.58. The molecular weight excluding hydrogens is 398 g/mol. The summed E-state index contributed by atoms with van der Waals surface area (Å²) in [4.78, 5) is 26.5. The number of carbonyl (C=O) groups excluding carboxylic acids is 2. The van der Waals surface area contributed by atoms with Gasteiger partial charge in [0.05, 0.1) is 12.3 Å². The molecule has 0 fully saturated rings. The van der Waals surface area contributed by atoms with Crippen LogP contribution in [0, 0.1) is 0 Å². The van der Waals surface area contributed by atoms with E-state index < -0.39 is 0 Å². The lowest BCUT2D eigenvalue weighted by atomic mass is 9.75. The number of ketones is 2. The summed E-state index contributed by atoms with van der Waals surface area (Å²) in [5, 5.41) is 3.48. The van der Waals surface area contributed by atoms with E-state index in [9.17, 15) is 9.59 Å². The summed E-state index contributed by atoms with van der Waals surface area (Å²) in [6.07, 6.45) is 6.91. The van der Waals surface area contributed by atoms with Crippen molar-refractivity contribution in [3.63, 3.8) is 0 Å². The summed E-state index contributed by atoms with van der Waals surface area (Å²) < 4.78 is 5.91. The lowest BCUT2D eigenvalue weighted by Gasteiger charge is -2.33. The van der Waals surface area contributed by atoms with Crippen LogP contribution < -0.4 is 10.1 Å². The van der Waals surface area contributed by atoms with E-state index >= 15 is 0 Å². The third-order valence-corrected chi connectivity index (χ3v) is 6.74. The van der Waals surface area contributed by atoms with Crippen molar-refractivity contribution in [3.05, 3.63) is 82.1 Å². The molecule has 1 atom stereocenters. The van der Waals surface area contributed by atoms with Crippen molar-refractivity contribution in [2.24, 2.45) is 0 Å². The van der Waals surface area contributed by atoms with Gasteiger partial charge in [-0.15, -0.1) is 0 Å². The molecule has 1 unspecified atom stereocenters. The first-order chi connectivity index (χ1) is 15.7. The highest BCUT2D eigenvalue weighted by atomic mass is 16.5. The van der Waals surface area contributed by atoms with Gasteiger partial charge in [0.25, 0.3) is 0 Å². The summed E-state index contributed by atoms with van der Waals surface area (Å²) in [6, 6.07) is 15.7. The Hall–Kier alpha value is -3.14. The number of dihydropyridines is 1. The Kier molecular flexibility index (Phi) is 5.69. The van der Waals surface area contributed by atoms with E-state index in [1.807, 2.05) is 48.5 Å². The van der Waals surface area contributed by atoms with Gasteiger partial charge in [-0.05, 0) is 37.0 Å². The van der Waals surface area contributed by atoms with Crippen molar-refractivity contribution in [2.75, 3.05) is 6.61 Å². The molecule has 1 aliphatic heterocycles. The molecule has 2 aromatic carbocycles. The third-order valence-electron chi connectivity index (χ3n) is 6.74. The SMILES string of the molecule is CCCCCCOc1ccc(C2C3=C(CCCC3=O)NC3=C2C(=O)c2ccccc23)cc1. The van der Waals surface area contributed by atoms with Gasteiger partial charge >= 0.3 is 0 Å². The van der Waals surface area contributed by atoms with Gasteiger partial charge < -0.3 is 10.1 Å². The first kappa shape index (κ1) is 20.7. The average molecular weight is 428 g/mol. The van der Waals surface area contributed by atoms with Crippen LogP contribution in [0.4, 0.5) is 0 Å². The van der Waals surface area contributed by atoms with Gasteiger partial charge in [-0.25, -0.2) is 0 Å². The Bertz CT molecular complexity index is 1120. The van der Waals surface area contributed by atoms with Crippen LogP contribution in [0.1, 0.15) is 79.3 Å². The van der Waals surface area contributed by atoms with Gasteiger partial charge in [-0.2, -0.15) is 0 Å². The number of allylic oxidation sites excluding steroid dienone is 3. The minimum atomic E-state index is -0.326. The summed E-state index contributed by atoms with van der Waals surface area (Å²) in [6.45, 7) is 2.91. The molecule has 5 rings (SSSR count). The van der Waals surface area contributed by atoms with Gasteiger partial charge in [0, 0.05) is 40.3 Å². The fraction of sp³-hybridized carbons (Fsp3) is 0.357. The van der Waals surface area contributed by atoms with Crippen LogP contribution in [-0.2, 0) is 4.79 Å². The first-order valence-electron chi connectivity index (χ1n) is 11.8. The van der Waals surface area contributed by atoms with E-state index in [1.165, 1.54) is 19.3 Å². The van der Waals surface area contributed by atoms with Crippen LogP contribution in [0.15, 0.2) is 65.4 Å². The average Bonchev–Trinajstić information content (AvgIpc) is 3.10. The largest absolute Gasteiger partial charge is 0.494 e. The highest BCUT2D eigenvalue weighted by Crippen LogP contribution is 2.48. The van der Waals surface area contributed by atoms with E-state index in [1.54, 1.807) is 0 Å². The summed E-state index contributed by atoms with van der Waals surface area (Å²) in [7, 11) is 0. The number of nitrogens with one attached hydrogen (secondary N) is 1. The Morgan fingerprint density at radius 2 is 1.69 bits per heavy atom. The zero-order chi connectivity index (χ0) is 22.1. The molecule has 2 aliphatic carbocycles. The summed E-state index contributed by atoms with van der Waals surface area (Å²) >= 11 is 0. The molecule has 2 aromatic rings. The topological polar surface area (TPSA) is 55.4 Å². The minimum Gasteiger partial charge on any atom is -0.494 e. The van der Waals surface area contributed by atoms with Crippen LogP contribution >= 0.6 is 0 Å². The normalized spacial score (nSPS) is 19.5. The predicted octanol–water partition coefficient (Wildman–Crippen LogP) is 5.95. The number of carbonyl (C=O) groups is 2. The molecule has 3 aliphatic rings.